The maximum atomic E-state index is 3.59. The van der Waals surface area contributed by atoms with Crippen LogP contribution in [0.5, 0.6) is 0 Å². The highest BCUT2D eigenvalue weighted by Crippen LogP contribution is 2.17. The average molecular weight is 261 g/mol. The smallest absolute Gasteiger partial charge is 0.00173 e. The van der Waals surface area contributed by atoms with E-state index >= 15 is 0 Å². The summed E-state index contributed by atoms with van der Waals surface area (Å²) in [5.74, 6) is 1.59. The monoisotopic (exact) mass is 261 g/mol. The molecule has 1 aromatic carbocycles. The summed E-state index contributed by atoms with van der Waals surface area (Å²) in [6.07, 6.45) is 5.11. The predicted octanol–water partition coefficient (Wildman–Crippen LogP) is 4.59. The summed E-state index contributed by atoms with van der Waals surface area (Å²) >= 11 is 0. The van der Waals surface area contributed by atoms with Crippen molar-refractivity contribution in [3.63, 3.8) is 0 Å². The van der Waals surface area contributed by atoms with Gasteiger partial charge in [0.2, 0.25) is 0 Å². The molecule has 0 fully saturated rings. The lowest BCUT2D eigenvalue weighted by Gasteiger charge is -2.19. The Morgan fingerprint density at radius 1 is 1.16 bits per heavy atom. The van der Waals surface area contributed by atoms with Crippen molar-refractivity contribution in [2.45, 2.75) is 53.4 Å². The van der Waals surface area contributed by atoms with Gasteiger partial charge >= 0.3 is 0 Å². The Kier molecular flexibility index (Phi) is 7.81. The zero-order chi connectivity index (χ0) is 14.1. The van der Waals surface area contributed by atoms with E-state index in [-0.39, 0.29) is 0 Å². The van der Waals surface area contributed by atoms with E-state index in [4.69, 9.17) is 0 Å². The first-order valence-corrected chi connectivity index (χ1v) is 7.88. The molecule has 108 valence electrons. The minimum atomic E-state index is 0.774. The fourth-order valence-electron chi connectivity index (χ4n) is 2.50. The third-order valence-corrected chi connectivity index (χ3v) is 3.62. The Balaban J connectivity index is 2.51. The number of hydrogen-bond donors (Lipinski definition) is 1. The van der Waals surface area contributed by atoms with Gasteiger partial charge in [-0.2, -0.15) is 0 Å². The molecule has 1 unspecified atom stereocenters. The molecule has 0 aliphatic rings. The molecule has 0 radical (unpaired) electrons. The molecule has 1 aromatic rings. The summed E-state index contributed by atoms with van der Waals surface area (Å²) in [7, 11) is 0. The Morgan fingerprint density at radius 3 is 2.58 bits per heavy atom. The molecule has 0 aromatic heterocycles. The van der Waals surface area contributed by atoms with E-state index in [0.717, 1.165) is 24.9 Å². The quantitative estimate of drug-likeness (QED) is 0.641. The molecule has 1 atom stereocenters. The van der Waals surface area contributed by atoms with Crippen molar-refractivity contribution >= 4 is 0 Å². The van der Waals surface area contributed by atoms with Crippen molar-refractivity contribution in [2.24, 2.45) is 11.8 Å². The molecule has 19 heavy (non-hydrogen) atoms. The lowest BCUT2D eigenvalue weighted by atomic mass is 9.91. The fraction of sp³-hybridized carbons (Fsp3) is 0.667. The van der Waals surface area contributed by atoms with E-state index in [0.29, 0.717) is 0 Å². The van der Waals surface area contributed by atoms with Crippen LogP contribution in [0, 0.1) is 18.8 Å². The van der Waals surface area contributed by atoms with Gasteiger partial charge in [0.1, 0.15) is 0 Å². The maximum absolute atomic E-state index is 3.59. The van der Waals surface area contributed by atoms with Crippen molar-refractivity contribution < 1.29 is 0 Å². The topological polar surface area (TPSA) is 12.0 Å². The van der Waals surface area contributed by atoms with Crippen LogP contribution in [0.3, 0.4) is 0 Å². The first kappa shape index (κ1) is 16.2. The lowest BCUT2D eigenvalue weighted by molar-refractivity contribution is 0.399. The van der Waals surface area contributed by atoms with Crippen molar-refractivity contribution in [3.05, 3.63) is 35.4 Å². The lowest BCUT2D eigenvalue weighted by Crippen LogP contribution is -2.25. The van der Waals surface area contributed by atoms with Crippen LogP contribution in [-0.2, 0) is 6.42 Å². The van der Waals surface area contributed by atoms with Crippen LogP contribution in [0.15, 0.2) is 24.3 Å². The number of rotatable bonds is 9. The second-order valence-corrected chi connectivity index (χ2v) is 6.23. The molecule has 0 heterocycles. The summed E-state index contributed by atoms with van der Waals surface area (Å²) in [6.45, 7) is 11.4. The van der Waals surface area contributed by atoms with Gasteiger partial charge in [-0.05, 0) is 56.7 Å². The van der Waals surface area contributed by atoms with Gasteiger partial charge in [0.15, 0.2) is 0 Å². The molecule has 0 amide bonds. The van der Waals surface area contributed by atoms with Gasteiger partial charge < -0.3 is 5.32 Å². The third kappa shape index (κ3) is 7.37. The molecule has 1 N–H and O–H groups in total. The highest BCUT2D eigenvalue weighted by molar-refractivity contribution is 5.22. The van der Waals surface area contributed by atoms with Gasteiger partial charge in [-0.15, -0.1) is 0 Å². The minimum Gasteiger partial charge on any atom is -0.316 e. The number of benzene rings is 1. The normalized spacial score (nSPS) is 12.9. The highest BCUT2D eigenvalue weighted by Gasteiger charge is 2.10. The van der Waals surface area contributed by atoms with Crippen molar-refractivity contribution in [1.82, 2.24) is 5.32 Å². The van der Waals surface area contributed by atoms with Gasteiger partial charge in [0.25, 0.3) is 0 Å². The van der Waals surface area contributed by atoms with E-state index < -0.39 is 0 Å². The van der Waals surface area contributed by atoms with E-state index in [1.807, 2.05) is 0 Å². The van der Waals surface area contributed by atoms with E-state index in [1.165, 1.54) is 36.8 Å². The molecule has 1 nitrogen and oxygen atoms in total. The highest BCUT2D eigenvalue weighted by atomic mass is 14.8. The van der Waals surface area contributed by atoms with Gasteiger partial charge in [0.05, 0.1) is 0 Å². The summed E-state index contributed by atoms with van der Waals surface area (Å²) in [5.41, 5.74) is 2.87. The molecule has 0 saturated heterocycles. The molecule has 0 spiro atoms. The number of hydrogen-bond acceptors (Lipinski definition) is 1. The van der Waals surface area contributed by atoms with Gasteiger partial charge in [-0.3, -0.25) is 0 Å². The average Bonchev–Trinajstić information content (AvgIpc) is 2.36. The molecular formula is C18H31N. The third-order valence-electron chi connectivity index (χ3n) is 3.62. The first-order valence-electron chi connectivity index (χ1n) is 7.88. The van der Waals surface area contributed by atoms with E-state index in [2.05, 4.69) is 57.3 Å². The Labute approximate surface area is 119 Å². The Bertz CT molecular complexity index is 343. The largest absolute Gasteiger partial charge is 0.316 e. The Hall–Kier alpha value is -0.820. The molecule has 0 aliphatic heterocycles. The van der Waals surface area contributed by atoms with Gasteiger partial charge in [-0.1, -0.05) is 57.0 Å². The SMILES string of the molecule is CCCNCC(CCC(C)C)Cc1cccc(C)c1. The minimum absolute atomic E-state index is 0.774. The van der Waals surface area contributed by atoms with Crippen LogP contribution < -0.4 is 5.32 Å². The molecule has 0 bridgehead atoms. The van der Waals surface area contributed by atoms with Gasteiger partial charge in [0, 0.05) is 0 Å². The van der Waals surface area contributed by atoms with Gasteiger partial charge in [-0.25, -0.2) is 0 Å². The molecular weight excluding hydrogens is 230 g/mol. The zero-order valence-corrected chi connectivity index (χ0v) is 13.2. The summed E-state index contributed by atoms with van der Waals surface area (Å²) < 4.78 is 0. The zero-order valence-electron chi connectivity index (χ0n) is 13.2. The second kappa shape index (κ2) is 9.14. The summed E-state index contributed by atoms with van der Waals surface area (Å²) in [4.78, 5) is 0. The Morgan fingerprint density at radius 2 is 1.95 bits per heavy atom. The number of aryl methyl sites for hydroxylation is 1. The number of nitrogens with one attached hydrogen (secondary N) is 1. The first-order chi connectivity index (χ1) is 9.11. The molecule has 1 rings (SSSR count). The van der Waals surface area contributed by atoms with E-state index in [9.17, 15) is 0 Å². The molecule has 0 aliphatic carbocycles. The van der Waals surface area contributed by atoms with Crippen LogP contribution >= 0.6 is 0 Å². The van der Waals surface area contributed by atoms with Crippen LogP contribution in [0.4, 0.5) is 0 Å². The second-order valence-electron chi connectivity index (χ2n) is 6.23. The van der Waals surface area contributed by atoms with Crippen molar-refractivity contribution in [1.29, 1.82) is 0 Å². The van der Waals surface area contributed by atoms with Crippen LogP contribution in [-0.4, -0.2) is 13.1 Å². The molecule has 0 saturated carbocycles. The van der Waals surface area contributed by atoms with Crippen LogP contribution in [0.25, 0.3) is 0 Å². The van der Waals surface area contributed by atoms with Crippen LogP contribution in [0.1, 0.15) is 51.2 Å². The van der Waals surface area contributed by atoms with Crippen molar-refractivity contribution in [3.8, 4) is 0 Å². The van der Waals surface area contributed by atoms with Crippen molar-refractivity contribution in [2.75, 3.05) is 13.1 Å². The predicted molar refractivity (Wildman–Crippen MR) is 85.6 cm³/mol. The maximum Gasteiger partial charge on any atom is -0.00173 e. The molecule has 1 heteroatoms. The standard InChI is InChI=1S/C18H31N/c1-5-11-19-14-18(10-9-15(2)3)13-17-8-6-7-16(4)12-17/h6-8,12,15,18-19H,5,9-11,13-14H2,1-4H3. The van der Waals surface area contributed by atoms with E-state index in [1.54, 1.807) is 0 Å². The van der Waals surface area contributed by atoms with Crippen LogP contribution in [0.2, 0.25) is 0 Å². The fourth-order valence-corrected chi connectivity index (χ4v) is 2.50. The summed E-state index contributed by atoms with van der Waals surface area (Å²) in [6, 6.07) is 8.98. The summed E-state index contributed by atoms with van der Waals surface area (Å²) in [5, 5.41) is 3.59.